The summed E-state index contributed by atoms with van der Waals surface area (Å²) >= 11 is 0. The molecule has 0 bridgehead atoms. The maximum absolute atomic E-state index is 13.9. The number of alkyl halides is 3. The van der Waals surface area contributed by atoms with E-state index in [1.165, 1.54) is 12.1 Å². The van der Waals surface area contributed by atoms with Crippen molar-refractivity contribution < 1.29 is 40.7 Å². The molecular weight excluding hydrogens is 649 g/mol. The smallest absolute Gasteiger partial charge is 0.416 e. The Morgan fingerprint density at radius 3 is 2.44 bits per heavy atom. The number of hydrogen-bond donors (Lipinski definition) is 1. The molecule has 1 aliphatic heterocycles. The standard InChI is InChI=1S/C34H35F3N4O6S/c1-33(2,3)47-32(43)15-24-12-13-30-29(14-24)41(48(44,45)28-11-7-10-26(16-28)34(35,36)37)22-27(46-30)17-31(42)38-18-25-19-39-40(21-25)20-23-8-5-4-6-9-23/h4-14,16,19,21,27H,15,17-18,20,22H2,1-3H3,(H,38,42)/t27-/m0/s1. The molecule has 1 aliphatic rings. The van der Waals surface area contributed by atoms with Crippen LogP contribution in [0.1, 0.15) is 49.4 Å². The van der Waals surface area contributed by atoms with Crippen LogP contribution in [0, 0.1) is 0 Å². The number of carbonyl (C=O) groups excluding carboxylic acids is 2. The number of sulfonamides is 1. The summed E-state index contributed by atoms with van der Waals surface area (Å²) < 4.78 is 82.4. The molecule has 3 aromatic carbocycles. The van der Waals surface area contributed by atoms with E-state index in [0.29, 0.717) is 18.2 Å². The molecule has 0 aliphatic carbocycles. The molecule has 0 saturated heterocycles. The molecule has 0 fully saturated rings. The van der Waals surface area contributed by atoms with Gasteiger partial charge in [0, 0.05) is 18.3 Å². The molecule has 5 rings (SSSR count). The van der Waals surface area contributed by atoms with Crippen molar-refractivity contribution in [2.24, 2.45) is 0 Å². The van der Waals surface area contributed by atoms with Crippen molar-refractivity contribution in [3.05, 3.63) is 107 Å². The van der Waals surface area contributed by atoms with Crippen molar-refractivity contribution in [2.75, 3.05) is 10.8 Å². The van der Waals surface area contributed by atoms with Crippen molar-refractivity contribution in [3.8, 4) is 5.75 Å². The number of nitrogens with zero attached hydrogens (tertiary/aromatic N) is 3. The number of esters is 1. The van der Waals surface area contributed by atoms with Gasteiger partial charge in [0.25, 0.3) is 10.0 Å². The van der Waals surface area contributed by atoms with E-state index < -0.39 is 50.2 Å². The minimum atomic E-state index is -4.77. The van der Waals surface area contributed by atoms with E-state index >= 15 is 0 Å². The molecular formula is C34H35F3N4O6S. The fraction of sp³-hybridized carbons (Fsp3) is 0.324. The number of aromatic nitrogens is 2. The number of amides is 1. The normalized spacial score (nSPS) is 15.0. The predicted octanol–water partition coefficient (Wildman–Crippen LogP) is 5.50. The van der Waals surface area contributed by atoms with Crippen molar-refractivity contribution in [1.82, 2.24) is 15.1 Å². The maximum atomic E-state index is 13.9. The van der Waals surface area contributed by atoms with E-state index in [9.17, 15) is 31.2 Å². The quantitative estimate of drug-likeness (QED) is 0.219. The van der Waals surface area contributed by atoms with Crippen LogP contribution in [0.2, 0.25) is 0 Å². The van der Waals surface area contributed by atoms with Crippen LogP contribution in [0.15, 0.2) is 90.1 Å². The Hall–Kier alpha value is -4.85. The lowest BCUT2D eigenvalue weighted by Gasteiger charge is -2.35. The Morgan fingerprint density at radius 2 is 1.73 bits per heavy atom. The third kappa shape index (κ3) is 8.73. The van der Waals surface area contributed by atoms with E-state index in [1.54, 1.807) is 43.9 Å². The lowest BCUT2D eigenvalue weighted by atomic mass is 10.1. The van der Waals surface area contributed by atoms with Crippen LogP contribution in [-0.2, 0) is 50.0 Å². The third-order valence-electron chi connectivity index (χ3n) is 7.25. The van der Waals surface area contributed by atoms with Crippen LogP contribution >= 0.6 is 0 Å². The van der Waals surface area contributed by atoms with Crippen molar-refractivity contribution in [1.29, 1.82) is 0 Å². The summed E-state index contributed by atoms with van der Waals surface area (Å²) in [4.78, 5) is 24.9. The summed E-state index contributed by atoms with van der Waals surface area (Å²) in [6.07, 6.45) is -2.74. The van der Waals surface area contributed by atoms with Crippen LogP contribution in [0.25, 0.3) is 0 Å². The molecule has 10 nitrogen and oxygen atoms in total. The van der Waals surface area contributed by atoms with Gasteiger partial charge < -0.3 is 14.8 Å². The fourth-order valence-electron chi connectivity index (χ4n) is 5.14. The van der Waals surface area contributed by atoms with Gasteiger partial charge in [0.05, 0.1) is 48.3 Å². The van der Waals surface area contributed by atoms with Crippen molar-refractivity contribution >= 4 is 27.6 Å². The summed E-state index contributed by atoms with van der Waals surface area (Å²) in [5.74, 6) is -0.895. The Morgan fingerprint density at radius 1 is 0.979 bits per heavy atom. The number of ether oxygens (including phenoxy) is 2. The number of benzene rings is 3. The molecule has 254 valence electrons. The molecule has 14 heteroatoms. The van der Waals surface area contributed by atoms with Gasteiger partial charge in [-0.15, -0.1) is 0 Å². The van der Waals surface area contributed by atoms with Gasteiger partial charge in [-0.25, -0.2) is 8.42 Å². The van der Waals surface area contributed by atoms with Crippen LogP contribution in [0.3, 0.4) is 0 Å². The Balaban J connectivity index is 1.35. The first-order chi connectivity index (χ1) is 22.6. The van der Waals surface area contributed by atoms with Crippen LogP contribution < -0.4 is 14.4 Å². The van der Waals surface area contributed by atoms with Gasteiger partial charge in [-0.2, -0.15) is 18.3 Å². The largest absolute Gasteiger partial charge is 0.486 e. The average molecular weight is 685 g/mol. The highest BCUT2D eigenvalue weighted by Crippen LogP contribution is 2.39. The topological polar surface area (TPSA) is 120 Å². The number of rotatable bonds is 10. The monoisotopic (exact) mass is 684 g/mol. The van der Waals surface area contributed by atoms with Gasteiger partial charge >= 0.3 is 12.1 Å². The van der Waals surface area contributed by atoms with Gasteiger partial charge in [0.2, 0.25) is 5.91 Å². The van der Waals surface area contributed by atoms with Gasteiger partial charge in [-0.3, -0.25) is 18.6 Å². The minimum Gasteiger partial charge on any atom is -0.486 e. The average Bonchev–Trinajstić information content (AvgIpc) is 3.46. The molecule has 0 saturated carbocycles. The maximum Gasteiger partial charge on any atom is 0.416 e. The van der Waals surface area contributed by atoms with Crippen LogP contribution in [-0.4, -0.2) is 48.3 Å². The van der Waals surface area contributed by atoms with Crippen LogP contribution in [0.5, 0.6) is 5.75 Å². The molecule has 1 amide bonds. The lowest BCUT2D eigenvalue weighted by Crippen LogP contribution is -2.45. The number of fused-ring (bicyclic) bond motifs is 1. The van der Waals surface area contributed by atoms with E-state index in [4.69, 9.17) is 9.47 Å². The number of carbonyl (C=O) groups is 2. The summed E-state index contributed by atoms with van der Waals surface area (Å²) in [7, 11) is -4.58. The summed E-state index contributed by atoms with van der Waals surface area (Å²) in [5, 5.41) is 7.12. The Bertz CT molecular complexity index is 1890. The molecule has 0 unspecified atom stereocenters. The third-order valence-corrected chi connectivity index (χ3v) is 9.03. The van der Waals surface area contributed by atoms with E-state index in [2.05, 4.69) is 10.4 Å². The molecule has 48 heavy (non-hydrogen) atoms. The second-order valence-electron chi connectivity index (χ2n) is 12.4. The number of hydrogen-bond acceptors (Lipinski definition) is 7. The molecule has 0 spiro atoms. The zero-order chi connectivity index (χ0) is 34.7. The first-order valence-electron chi connectivity index (χ1n) is 15.1. The summed E-state index contributed by atoms with van der Waals surface area (Å²) in [6.45, 7) is 5.49. The highest BCUT2D eigenvalue weighted by atomic mass is 32.2. The van der Waals surface area contributed by atoms with Gasteiger partial charge in [-0.05, 0) is 62.2 Å². The molecule has 0 radical (unpaired) electrons. The summed E-state index contributed by atoms with van der Waals surface area (Å²) in [6, 6.07) is 17.6. The summed E-state index contributed by atoms with van der Waals surface area (Å²) in [5.41, 5.74) is 0.367. The van der Waals surface area contributed by atoms with Crippen LogP contribution in [0.4, 0.5) is 18.9 Å². The van der Waals surface area contributed by atoms with Crippen molar-refractivity contribution in [2.45, 2.75) is 69.5 Å². The SMILES string of the molecule is CC(C)(C)OC(=O)Cc1ccc2c(c1)N(S(=O)(=O)c1cccc(C(F)(F)F)c1)C[C@H](CC(=O)NCc1cnn(Cc3ccccc3)c1)O2. The minimum absolute atomic E-state index is 0.0240. The Kier molecular flexibility index (Phi) is 9.85. The fourth-order valence-corrected chi connectivity index (χ4v) is 6.69. The predicted molar refractivity (Wildman–Crippen MR) is 171 cm³/mol. The number of halogens is 3. The molecule has 1 N–H and O–H groups in total. The highest BCUT2D eigenvalue weighted by molar-refractivity contribution is 7.92. The molecule has 1 aromatic heterocycles. The Labute approximate surface area is 276 Å². The van der Waals surface area contributed by atoms with E-state index in [-0.39, 0.29) is 37.4 Å². The highest BCUT2D eigenvalue weighted by Gasteiger charge is 2.38. The second-order valence-corrected chi connectivity index (χ2v) is 14.2. The number of anilines is 1. The molecule has 4 aromatic rings. The first-order valence-corrected chi connectivity index (χ1v) is 16.5. The lowest BCUT2D eigenvalue weighted by molar-refractivity contribution is -0.154. The zero-order valence-corrected chi connectivity index (χ0v) is 27.3. The number of nitrogens with one attached hydrogen (secondary N) is 1. The zero-order valence-electron chi connectivity index (χ0n) is 26.5. The van der Waals surface area contributed by atoms with Gasteiger partial charge in [-0.1, -0.05) is 42.5 Å². The van der Waals surface area contributed by atoms with Crippen molar-refractivity contribution in [3.63, 3.8) is 0 Å². The van der Waals surface area contributed by atoms with E-state index in [0.717, 1.165) is 33.6 Å². The van der Waals surface area contributed by atoms with Gasteiger partial charge in [0.1, 0.15) is 17.5 Å². The molecule has 1 atom stereocenters. The first kappa shape index (κ1) is 34.5. The second kappa shape index (κ2) is 13.7. The van der Waals surface area contributed by atoms with Gasteiger partial charge in [0.15, 0.2) is 0 Å². The molecule has 2 heterocycles. The van der Waals surface area contributed by atoms with E-state index in [1.807, 2.05) is 30.3 Å².